The zero-order valence-electron chi connectivity index (χ0n) is 15.7. The van der Waals surface area contributed by atoms with Crippen molar-refractivity contribution in [2.75, 3.05) is 11.1 Å². The molecule has 0 aliphatic heterocycles. The maximum absolute atomic E-state index is 12.3. The molecule has 0 fully saturated rings. The van der Waals surface area contributed by atoms with Gasteiger partial charge in [0.2, 0.25) is 5.91 Å². The first-order valence-corrected chi connectivity index (χ1v) is 9.80. The average molecular weight is 421 g/mol. The molecule has 2 aromatic heterocycles. The van der Waals surface area contributed by atoms with Crippen molar-refractivity contribution < 1.29 is 9.72 Å². The van der Waals surface area contributed by atoms with Gasteiger partial charge in [-0.1, -0.05) is 40.7 Å². The fourth-order valence-corrected chi connectivity index (χ4v) is 3.45. The van der Waals surface area contributed by atoms with Crippen molar-refractivity contribution in [2.45, 2.75) is 11.9 Å². The number of hydrogen-bond donors (Lipinski definition) is 1. The Labute approximate surface area is 174 Å². The van der Waals surface area contributed by atoms with Gasteiger partial charge in [0.1, 0.15) is 11.4 Å². The zero-order valence-corrected chi connectivity index (χ0v) is 16.5. The van der Waals surface area contributed by atoms with Gasteiger partial charge in [-0.15, -0.1) is 5.10 Å². The van der Waals surface area contributed by atoms with E-state index in [1.165, 1.54) is 36.3 Å². The number of benzene rings is 2. The molecule has 150 valence electrons. The highest BCUT2D eigenvalue weighted by atomic mass is 32.2. The molecule has 0 unspecified atom stereocenters. The first kappa shape index (κ1) is 19.5. The molecule has 11 heteroatoms. The second-order valence-corrected chi connectivity index (χ2v) is 7.30. The molecule has 4 rings (SSSR count). The molecule has 0 aliphatic rings. The van der Waals surface area contributed by atoms with Crippen molar-refractivity contribution in [2.24, 2.45) is 0 Å². The smallest absolute Gasteiger partial charge is 0.271 e. The molecule has 1 amide bonds. The Kier molecular flexibility index (Phi) is 5.35. The van der Waals surface area contributed by atoms with Crippen molar-refractivity contribution in [3.8, 4) is 5.69 Å². The molecule has 10 nitrogen and oxygen atoms in total. The highest BCUT2D eigenvalue weighted by Gasteiger charge is 2.15. The Bertz CT molecular complexity index is 1240. The van der Waals surface area contributed by atoms with E-state index in [0.717, 1.165) is 11.3 Å². The predicted molar refractivity (Wildman–Crippen MR) is 112 cm³/mol. The van der Waals surface area contributed by atoms with E-state index < -0.39 is 4.92 Å². The molecule has 0 bridgehead atoms. The van der Waals surface area contributed by atoms with Gasteiger partial charge < -0.3 is 5.32 Å². The molecule has 1 N–H and O–H groups in total. The summed E-state index contributed by atoms with van der Waals surface area (Å²) in [5, 5.41) is 22.4. The summed E-state index contributed by atoms with van der Waals surface area (Å²) in [5.74, 6) is -0.273. The number of amides is 1. The summed E-state index contributed by atoms with van der Waals surface area (Å²) >= 11 is 1.19. The number of aromatic nitrogens is 5. The summed E-state index contributed by atoms with van der Waals surface area (Å²) in [6, 6.07) is 13.5. The number of anilines is 1. The van der Waals surface area contributed by atoms with Crippen LogP contribution in [0.25, 0.3) is 16.9 Å². The topological polar surface area (TPSA) is 129 Å². The standard InChI is InChI=1S/C19H15N7O3S/c1-12-5-7-14(8-6-12)25-18-17(23-24-25)19(21-11-20-18)30-10-16(27)22-13-3-2-4-15(9-13)26(28)29/h2-9,11H,10H2,1H3,(H,22,27). The van der Waals surface area contributed by atoms with Gasteiger partial charge in [0, 0.05) is 17.8 Å². The molecule has 2 heterocycles. The molecular weight excluding hydrogens is 406 g/mol. The van der Waals surface area contributed by atoms with E-state index in [0.29, 0.717) is 21.9 Å². The van der Waals surface area contributed by atoms with E-state index in [1.54, 1.807) is 10.7 Å². The van der Waals surface area contributed by atoms with Crippen LogP contribution in [0.3, 0.4) is 0 Å². The third-order valence-electron chi connectivity index (χ3n) is 4.16. The van der Waals surface area contributed by atoms with Crippen LogP contribution in [-0.4, -0.2) is 41.5 Å². The number of nitrogens with one attached hydrogen (secondary N) is 1. The van der Waals surface area contributed by atoms with Crippen LogP contribution in [0, 0.1) is 17.0 Å². The van der Waals surface area contributed by atoms with Crippen LogP contribution in [0.5, 0.6) is 0 Å². The van der Waals surface area contributed by atoms with Gasteiger partial charge in [-0.25, -0.2) is 9.97 Å². The van der Waals surface area contributed by atoms with Crippen LogP contribution >= 0.6 is 11.8 Å². The SMILES string of the molecule is Cc1ccc(-n2nnc3c(SCC(=O)Nc4cccc([N+](=O)[O-])c4)ncnc32)cc1. The predicted octanol–water partition coefficient (Wildman–Crippen LogP) is 3.16. The highest BCUT2D eigenvalue weighted by molar-refractivity contribution is 8.00. The highest BCUT2D eigenvalue weighted by Crippen LogP contribution is 2.24. The van der Waals surface area contributed by atoms with Gasteiger partial charge in [-0.2, -0.15) is 4.68 Å². The first-order valence-electron chi connectivity index (χ1n) is 8.82. The Balaban J connectivity index is 1.49. The number of hydrogen-bond acceptors (Lipinski definition) is 8. The second-order valence-electron chi connectivity index (χ2n) is 6.33. The normalized spacial score (nSPS) is 10.8. The Morgan fingerprint density at radius 2 is 2.00 bits per heavy atom. The monoisotopic (exact) mass is 421 g/mol. The summed E-state index contributed by atoms with van der Waals surface area (Å²) < 4.78 is 1.61. The van der Waals surface area contributed by atoms with E-state index in [1.807, 2.05) is 31.2 Å². The number of aryl methyl sites for hydroxylation is 1. The zero-order chi connectivity index (χ0) is 21.1. The number of rotatable bonds is 6. The fraction of sp³-hybridized carbons (Fsp3) is 0.105. The molecule has 4 aromatic rings. The molecule has 0 radical (unpaired) electrons. The van der Waals surface area contributed by atoms with E-state index in [-0.39, 0.29) is 17.3 Å². The summed E-state index contributed by atoms with van der Waals surface area (Å²) in [5.41, 5.74) is 3.24. The van der Waals surface area contributed by atoms with Crippen LogP contribution in [-0.2, 0) is 4.79 Å². The lowest BCUT2D eigenvalue weighted by molar-refractivity contribution is -0.384. The minimum absolute atomic E-state index is 0.0478. The second kappa shape index (κ2) is 8.25. The van der Waals surface area contributed by atoms with Gasteiger partial charge >= 0.3 is 0 Å². The van der Waals surface area contributed by atoms with Crippen molar-refractivity contribution >= 4 is 40.2 Å². The number of non-ortho nitro benzene ring substituents is 1. The number of nitrogens with zero attached hydrogens (tertiary/aromatic N) is 6. The molecule has 2 aromatic carbocycles. The van der Waals surface area contributed by atoms with Gasteiger partial charge in [0.15, 0.2) is 11.2 Å². The number of carbonyl (C=O) groups is 1. The summed E-state index contributed by atoms with van der Waals surface area (Å²) in [6.07, 6.45) is 1.40. The summed E-state index contributed by atoms with van der Waals surface area (Å²) in [6.45, 7) is 2.00. The largest absolute Gasteiger partial charge is 0.325 e. The number of thioether (sulfide) groups is 1. The first-order chi connectivity index (χ1) is 14.5. The minimum atomic E-state index is -0.514. The molecule has 0 saturated heterocycles. The number of nitro benzene ring substituents is 1. The number of nitro groups is 1. The van der Waals surface area contributed by atoms with Crippen molar-refractivity contribution in [1.29, 1.82) is 0 Å². The van der Waals surface area contributed by atoms with Gasteiger partial charge in [0.25, 0.3) is 5.69 Å². The minimum Gasteiger partial charge on any atom is -0.325 e. The van der Waals surface area contributed by atoms with E-state index in [2.05, 4.69) is 25.6 Å². The Hall–Kier alpha value is -3.86. The molecule has 0 spiro atoms. The van der Waals surface area contributed by atoms with Crippen LogP contribution in [0.4, 0.5) is 11.4 Å². The molecule has 0 saturated carbocycles. The van der Waals surface area contributed by atoms with Gasteiger partial charge in [0.05, 0.1) is 16.4 Å². The lowest BCUT2D eigenvalue weighted by Gasteiger charge is -2.05. The number of carbonyl (C=O) groups excluding carboxylic acids is 1. The molecular formula is C19H15N7O3S. The van der Waals surface area contributed by atoms with Crippen LogP contribution in [0.15, 0.2) is 59.9 Å². The van der Waals surface area contributed by atoms with Crippen molar-refractivity contribution in [1.82, 2.24) is 25.0 Å². The van der Waals surface area contributed by atoms with E-state index >= 15 is 0 Å². The summed E-state index contributed by atoms with van der Waals surface area (Å²) in [7, 11) is 0. The lowest BCUT2D eigenvalue weighted by Crippen LogP contribution is -2.14. The number of fused-ring (bicyclic) bond motifs is 1. The van der Waals surface area contributed by atoms with Crippen LogP contribution in [0.2, 0.25) is 0 Å². The lowest BCUT2D eigenvalue weighted by atomic mass is 10.2. The van der Waals surface area contributed by atoms with Crippen molar-refractivity contribution in [3.05, 3.63) is 70.5 Å². The third kappa shape index (κ3) is 4.10. The van der Waals surface area contributed by atoms with Crippen molar-refractivity contribution in [3.63, 3.8) is 0 Å². The maximum Gasteiger partial charge on any atom is 0.271 e. The maximum atomic E-state index is 12.3. The van der Waals surface area contributed by atoms with Gasteiger partial charge in [-0.3, -0.25) is 14.9 Å². The summed E-state index contributed by atoms with van der Waals surface area (Å²) in [4.78, 5) is 31.1. The third-order valence-corrected chi connectivity index (χ3v) is 5.14. The quantitative estimate of drug-likeness (QED) is 0.218. The van der Waals surface area contributed by atoms with Crippen LogP contribution in [0.1, 0.15) is 5.56 Å². The Morgan fingerprint density at radius 3 is 2.77 bits per heavy atom. The average Bonchev–Trinajstić information content (AvgIpc) is 3.18. The fourth-order valence-electron chi connectivity index (χ4n) is 2.72. The van der Waals surface area contributed by atoms with Gasteiger partial charge in [-0.05, 0) is 25.1 Å². The van der Waals surface area contributed by atoms with E-state index in [9.17, 15) is 14.9 Å². The molecule has 0 aliphatic carbocycles. The Morgan fingerprint density at radius 1 is 1.20 bits per heavy atom. The van der Waals surface area contributed by atoms with E-state index in [4.69, 9.17) is 0 Å². The van der Waals surface area contributed by atoms with Crippen LogP contribution < -0.4 is 5.32 Å². The molecule has 30 heavy (non-hydrogen) atoms. The molecule has 0 atom stereocenters.